The van der Waals surface area contributed by atoms with Gasteiger partial charge in [-0.25, -0.2) is 0 Å². The zero-order chi connectivity index (χ0) is 14.6. The largest absolute Gasteiger partial charge is 0.340 e. The highest BCUT2D eigenvalue weighted by molar-refractivity contribution is 5.98. The fourth-order valence-electron chi connectivity index (χ4n) is 5.62. The normalized spacial score (nSPS) is 39.1. The summed E-state index contributed by atoms with van der Waals surface area (Å²) in [6.07, 6.45) is 9.11. The summed E-state index contributed by atoms with van der Waals surface area (Å²) in [5.74, 6) is 2.55. The molecule has 1 spiro atoms. The summed E-state index contributed by atoms with van der Waals surface area (Å²) < 4.78 is 0. The molecule has 3 saturated carbocycles. The van der Waals surface area contributed by atoms with Gasteiger partial charge in [0.05, 0.1) is 6.54 Å². The highest BCUT2D eigenvalue weighted by Gasteiger charge is 2.52. The molecule has 4 rings (SSSR count). The van der Waals surface area contributed by atoms with Gasteiger partial charge in [-0.1, -0.05) is 19.3 Å². The van der Waals surface area contributed by atoms with Crippen LogP contribution in [0.3, 0.4) is 0 Å². The van der Waals surface area contributed by atoms with Crippen LogP contribution in [0.5, 0.6) is 0 Å². The van der Waals surface area contributed by atoms with Crippen molar-refractivity contribution < 1.29 is 9.59 Å². The standard InChI is InChI=1S/C17H26N2O2/c1-11(14-9-12-4-5-13(14)8-12)19-10-15(20)18-17(16(19)21)6-2-3-7-17/h11-14H,2-10H2,1H3,(H,18,20). The number of nitrogens with zero attached hydrogens (tertiary/aromatic N) is 1. The molecule has 3 aliphatic carbocycles. The van der Waals surface area contributed by atoms with Gasteiger partial charge in [-0.05, 0) is 56.8 Å². The first-order valence-corrected chi connectivity index (χ1v) is 8.71. The molecular weight excluding hydrogens is 264 g/mol. The quantitative estimate of drug-likeness (QED) is 0.846. The van der Waals surface area contributed by atoms with Crippen LogP contribution in [0.1, 0.15) is 58.3 Å². The molecule has 1 heterocycles. The Bertz CT molecular complexity index is 469. The van der Waals surface area contributed by atoms with Crippen LogP contribution < -0.4 is 5.32 Å². The molecule has 0 aromatic rings. The van der Waals surface area contributed by atoms with E-state index >= 15 is 0 Å². The molecule has 4 fully saturated rings. The molecule has 1 N–H and O–H groups in total. The summed E-state index contributed by atoms with van der Waals surface area (Å²) >= 11 is 0. The van der Waals surface area contributed by atoms with Crippen molar-refractivity contribution in [2.45, 2.75) is 69.9 Å². The molecule has 116 valence electrons. The molecule has 21 heavy (non-hydrogen) atoms. The minimum absolute atomic E-state index is 0.0477. The number of hydrogen-bond acceptors (Lipinski definition) is 2. The van der Waals surface area contributed by atoms with E-state index in [0.29, 0.717) is 5.92 Å². The van der Waals surface area contributed by atoms with Crippen molar-refractivity contribution in [3.05, 3.63) is 0 Å². The summed E-state index contributed by atoms with van der Waals surface area (Å²) in [4.78, 5) is 27.1. The molecule has 2 bridgehead atoms. The summed E-state index contributed by atoms with van der Waals surface area (Å²) in [6.45, 7) is 2.46. The molecule has 0 radical (unpaired) electrons. The second kappa shape index (κ2) is 4.72. The van der Waals surface area contributed by atoms with E-state index in [0.717, 1.165) is 37.5 Å². The van der Waals surface area contributed by atoms with E-state index in [1.807, 2.05) is 4.90 Å². The third-order valence-corrected chi connectivity index (χ3v) is 6.72. The first-order valence-electron chi connectivity index (χ1n) is 8.71. The molecule has 1 saturated heterocycles. The molecule has 0 aromatic heterocycles. The van der Waals surface area contributed by atoms with Crippen molar-refractivity contribution in [2.24, 2.45) is 17.8 Å². The van der Waals surface area contributed by atoms with Crippen LogP contribution in [-0.2, 0) is 9.59 Å². The Morgan fingerprint density at radius 1 is 1.19 bits per heavy atom. The molecule has 0 aromatic carbocycles. The fourth-order valence-corrected chi connectivity index (χ4v) is 5.62. The van der Waals surface area contributed by atoms with Crippen molar-refractivity contribution in [3.8, 4) is 0 Å². The van der Waals surface area contributed by atoms with Crippen LogP contribution in [0.25, 0.3) is 0 Å². The van der Waals surface area contributed by atoms with Gasteiger partial charge in [0.15, 0.2) is 0 Å². The van der Waals surface area contributed by atoms with Gasteiger partial charge in [-0.3, -0.25) is 9.59 Å². The SMILES string of the molecule is CC(C1CC2CCC1C2)N1CC(=O)NC2(CCCC2)C1=O. The van der Waals surface area contributed by atoms with Gasteiger partial charge in [0.25, 0.3) is 0 Å². The van der Waals surface area contributed by atoms with Crippen molar-refractivity contribution in [3.63, 3.8) is 0 Å². The van der Waals surface area contributed by atoms with Crippen molar-refractivity contribution in [2.75, 3.05) is 6.54 Å². The first kappa shape index (κ1) is 13.6. The average Bonchev–Trinajstić information content (AvgIpc) is 3.18. The van der Waals surface area contributed by atoms with Crippen molar-refractivity contribution in [1.82, 2.24) is 10.2 Å². The maximum atomic E-state index is 13.0. The Balaban J connectivity index is 1.55. The summed E-state index contributed by atoms with van der Waals surface area (Å²) in [7, 11) is 0. The van der Waals surface area contributed by atoms with Crippen molar-refractivity contribution >= 4 is 11.8 Å². The molecule has 4 atom stereocenters. The fraction of sp³-hybridized carbons (Fsp3) is 0.882. The Kier molecular flexibility index (Phi) is 3.05. The van der Waals surface area contributed by atoms with Gasteiger partial charge >= 0.3 is 0 Å². The Hall–Kier alpha value is -1.06. The van der Waals surface area contributed by atoms with Crippen LogP contribution >= 0.6 is 0 Å². The highest BCUT2D eigenvalue weighted by Crippen LogP contribution is 2.50. The number of carbonyl (C=O) groups excluding carboxylic acids is 2. The lowest BCUT2D eigenvalue weighted by molar-refractivity contribution is -0.153. The van der Waals surface area contributed by atoms with E-state index in [1.54, 1.807) is 0 Å². The van der Waals surface area contributed by atoms with Gasteiger partial charge in [0, 0.05) is 6.04 Å². The minimum Gasteiger partial charge on any atom is -0.340 e. The maximum absolute atomic E-state index is 13.0. The molecule has 4 nitrogen and oxygen atoms in total. The van der Waals surface area contributed by atoms with Gasteiger partial charge in [-0.2, -0.15) is 0 Å². The number of hydrogen-bond donors (Lipinski definition) is 1. The zero-order valence-electron chi connectivity index (χ0n) is 12.9. The van der Waals surface area contributed by atoms with Gasteiger partial charge in [0.1, 0.15) is 5.54 Å². The van der Waals surface area contributed by atoms with E-state index in [2.05, 4.69) is 12.2 Å². The average molecular weight is 290 g/mol. The first-order chi connectivity index (χ1) is 10.1. The van der Waals surface area contributed by atoms with Gasteiger partial charge in [0.2, 0.25) is 11.8 Å². The second-order valence-electron chi connectivity index (χ2n) is 7.85. The molecule has 4 aliphatic rings. The number of amides is 2. The smallest absolute Gasteiger partial charge is 0.249 e. The van der Waals surface area contributed by atoms with Gasteiger partial charge in [-0.15, -0.1) is 0 Å². The second-order valence-corrected chi connectivity index (χ2v) is 7.85. The summed E-state index contributed by atoms with van der Waals surface area (Å²) in [5.41, 5.74) is -0.554. The van der Waals surface area contributed by atoms with E-state index in [1.165, 1.54) is 25.7 Å². The monoisotopic (exact) mass is 290 g/mol. The minimum atomic E-state index is -0.554. The zero-order valence-corrected chi connectivity index (χ0v) is 12.9. The Morgan fingerprint density at radius 2 is 1.95 bits per heavy atom. The third-order valence-electron chi connectivity index (χ3n) is 6.72. The van der Waals surface area contributed by atoms with Crippen LogP contribution in [0.4, 0.5) is 0 Å². The third kappa shape index (κ3) is 2.01. The molecule has 1 aliphatic heterocycles. The van der Waals surface area contributed by atoms with Crippen LogP contribution in [0.2, 0.25) is 0 Å². The van der Waals surface area contributed by atoms with E-state index < -0.39 is 5.54 Å². The number of nitrogens with one attached hydrogen (secondary N) is 1. The number of piperazine rings is 1. The molecular formula is C17H26N2O2. The lowest BCUT2D eigenvalue weighted by atomic mass is 9.82. The summed E-state index contributed by atoms with van der Waals surface area (Å²) in [5, 5.41) is 3.02. The Morgan fingerprint density at radius 3 is 2.57 bits per heavy atom. The lowest BCUT2D eigenvalue weighted by Gasteiger charge is -2.45. The maximum Gasteiger partial charge on any atom is 0.249 e. The Labute approximate surface area is 126 Å². The van der Waals surface area contributed by atoms with Gasteiger partial charge < -0.3 is 10.2 Å². The molecule has 4 unspecified atom stereocenters. The number of carbonyl (C=O) groups is 2. The lowest BCUT2D eigenvalue weighted by Crippen LogP contribution is -2.67. The van der Waals surface area contributed by atoms with Crippen molar-refractivity contribution in [1.29, 1.82) is 0 Å². The summed E-state index contributed by atoms with van der Waals surface area (Å²) in [6, 6.07) is 0.233. The molecule has 4 heteroatoms. The predicted molar refractivity (Wildman–Crippen MR) is 79.5 cm³/mol. The molecule has 2 amide bonds. The highest BCUT2D eigenvalue weighted by atomic mass is 16.2. The van der Waals surface area contributed by atoms with Crippen LogP contribution in [0.15, 0.2) is 0 Å². The van der Waals surface area contributed by atoms with E-state index in [-0.39, 0.29) is 24.4 Å². The van der Waals surface area contributed by atoms with Crippen LogP contribution in [0, 0.1) is 17.8 Å². The predicted octanol–water partition coefficient (Wildman–Crippen LogP) is 2.08. The van der Waals surface area contributed by atoms with Crippen LogP contribution in [-0.4, -0.2) is 34.8 Å². The number of fused-ring (bicyclic) bond motifs is 2. The number of rotatable bonds is 2. The topological polar surface area (TPSA) is 49.4 Å². The van der Waals surface area contributed by atoms with E-state index in [9.17, 15) is 9.59 Å². The van der Waals surface area contributed by atoms with E-state index in [4.69, 9.17) is 0 Å².